The van der Waals surface area contributed by atoms with Crippen molar-refractivity contribution >= 4 is 0 Å². The molecule has 3 heterocycles. The summed E-state index contributed by atoms with van der Waals surface area (Å²) in [7, 11) is 2.13. The van der Waals surface area contributed by atoms with Gasteiger partial charge in [0.2, 0.25) is 5.69 Å². The Kier molecular flexibility index (Phi) is 2.73. The van der Waals surface area contributed by atoms with Gasteiger partial charge in [-0.15, -0.1) is 0 Å². The quantitative estimate of drug-likeness (QED) is 0.493. The zero-order valence-corrected chi connectivity index (χ0v) is 13.5. The molecule has 0 bridgehead atoms. The van der Waals surface area contributed by atoms with Crippen LogP contribution in [0.5, 0.6) is 0 Å². The summed E-state index contributed by atoms with van der Waals surface area (Å²) in [6, 6.07) is 6.71. The normalized spacial score (nSPS) is 12.4. The average Bonchev–Trinajstić information content (AvgIpc) is 3.00. The maximum absolute atomic E-state index is 4.51. The Balaban J connectivity index is 2.04. The molecule has 0 aliphatic carbocycles. The standard InChI is InChI=1S/C19H20N3/c1-12-5-6-16(21(4)11-12)18-13(2)9-14(3)19-15(18)10-17-20-7-8-22(17)19/h5-9,11H,10H2,1-4H3/q+1. The van der Waals surface area contributed by atoms with Crippen LogP contribution in [-0.4, -0.2) is 9.55 Å². The van der Waals surface area contributed by atoms with Crippen LogP contribution in [0.15, 0.2) is 36.8 Å². The van der Waals surface area contributed by atoms with Gasteiger partial charge in [0.1, 0.15) is 12.9 Å². The number of hydrogen-bond acceptors (Lipinski definition) is 1. The molecule has 2 aromatic heterocycles. The average molecular weight is 290 g/mol. The van der Waals surface area contributed by atoms with Crippen LogP contribution in [0.1, 0.15) is 28.1 Å². The lowest BCUT2D eigenvalue weighted by Crippen LogP contribution is -2.31. The molecule has 1 aliphatic rings. The first-order valence-corrected chi connectivity index (χ1v) is 7.68. The highest BCUT2D eigenvalue weighted by Crippen LogP contribution is 2.38. The van der Waals surface area contributed by atoms with Crippen molar-refractivity contribution in [1.29, 1.82) is 0 Å². The van der Waals surface area contributed by atoms with Crippen LogP contribution >= 0.6 is 0 Å². The molecule has 0 radical (unpaired) electrons. The van der Waals surface area contributed by atoms with Crippen LogP contribution < -0.4 is 4.57 Å². The second-order valence-electron chi connectivity index (χ2n) is 6.31. The first-order chi connectivity index (χ1) is 10.6. The summed E-state index contributed by atoms with van der Waals surface area (Å²) in [6.45, 7) is 6.54. The molecule has 0 N–H and O–H groups in total. The topological polar surface area (TPSA) is 21.7 Å². The highest BCUT2D eigenvalue weighted by molar-refractivity contribution is 5.74. The van der Waals surface area contributed by atoms with Gasteiger partial charge in [-0.1, -0.05) is 6.07 Å². The van der Waals surface area contributed by atoms with E-state index in [1.165, 1.54) is 39.2 Å². The number of pyridine rings is 1. The second-order valence-corrected chi connectivity index (χ2v) is 6.31. The van der Waals surface area contributed by atoms with Gasteiger partial charge in [-0.3, -0.25) is 0 Å². The molecule has 0 atom stereocenters. The highest BCUT2D eigenvalue weighted by Gasteiger charge is 2.28. The van der Waals surface area contributed by atoms with Crippen LogP contribution in [0, 0.1) is 20.8 Å². The molecule has 0 unspecified atom stereocenters. The van der Waals surface area contributed by atoms with Crippen molar-refractivity contribution in [1.82, 2.24) is 9.55 Å². The predicted molar refractivity (Wildman–Crippen MR) is 87.2 cm³/mol. The third-order valence-corrected chi connectivity index (χ3v) is 4.62. The SMILES string of the molecule is Cc1ccc(-c2c(C)cc(C)c3c2Cc2nccn2-3)[n+](C)c1. The van der Waals surface area contributed by atoms with Gasteiger partial charge in [0, 0.05) is 30.4 Å². The van der Waals surface area contributed by atoms with Crippen molar-refractivity contribution in [3.63, 3.8) is 0 Å². The molecule has 0 amide bonds. The molecule has 22 heavy (non-hydrogen) atoms. The van der Waals surface area contributed by atoms with Gasteiger partial charge in [-0.2, -0.15) is 0 Å². The van der Waals surface area contributed by atoms with Gasteiger partial charge in [-0.25, -0.2) is 9.55 Å². The smallest absolute Gasteiger partial charge is 0.212 e. The first-order valence-electron chi connectivity index (χ1n) is 7.68. The van der Waals surface area contributed by atoms with E-state index < -0.39 is 0 Å². The van der Waals surface area contributed by atoms with Crippen LogP contribution in [0.4, 0.5) is 0 Å². The molecule has 4 rings (SSSR count). The Morgan fingerprint density at radius 2 is 1.95 bits per heavy atom. The summed E-state index contributed by atoms with van der Waals surface area (Å²) in [5, 5.41) is 0. The maximum atomic E-state index is 4.51. The van der Waals surface area contributed by atoms with Gasteiger partial charge in [-0.05, 0) is 43.5 Å². The summed E-state index contributed by atoms with van der Waals surface area (Å²) in [6.07, 6.45) is 7.06. The number of imidazole rings is 1. The number of fused-ring (bicyclic) bond motifs is 3. The van der Waals surface area contributed by atoms with Crippen molar-refractivity contribution in [2.45, 2.75) is 27.2 Å². The zero-order valence-electron chi connectivity index (χ0n) is 13.5. The second kappa shape index (κ2) is 4.54. The molecule has 3 heteroatoms. The number of nitrogens with zero attached hydrogens (tertiary/aromatic N) is 3. The van der Waals surface area contributed by atoms with Crippen molar-refractivity contribution in [2.24, 2.45) is 7.05 Å². The van der Waals surface area contributed by atoms with E-state index in [9.17, 15) is 0 Å². The molecule has 110 valence electrons. The third kappa shape index (κ3) is 1.75. The van der Waals surface area contributed by atoms with E-state index in [4.69, 9.17) is 0 Å². The molecular weight excluding hydrogens is 270 g/mol. The van der Waals surface area contributed by atoms with Gasteiger partial charge >= 0.3 is 0 Å². The predicted octanol–water partition coefficient (Wildman–Crippen LogP) is 3.19. The van der Waals surface area contributed by atoms with E-state index >= 15 is 0 Å². The van der Waals surface area contributed by atoms with Crippen LogP contribution in [0.25, 0.3) is 16.9 Å². The number of benzene rings is 1. The van der Waals surface area contributed by atoms with E-state index in [1.54, 1.807) is 0 Å². The lowest BCUT2D eigenvalue weighted by Gasteiger charge is -2.14. The number of hydrogen-bond donors (Lipinski definition) is 0. The molecule has 0 fully saturated rings. The molecular formula is C19H20N3+. The lowest BCUT2D eigenvalue weighted by atomic mass is 9.93. The van der Waals surface area contributed by atoms with Crippen LogP contribution in [0.2, 0.25) is 0 Å². The van der Waals surface area contributed by atoms with Crippen LogP contribution in [0.3, 0.4) is 0 Å². The van der Waals surface area contributed by atoms with Crippen molar-refractivity contribution in [3.05, 3.63) is 64.9 Å². The number of rotatable bonds is 1. The fourth-order valence-corrected chi connectivity index (χ4v) is 3.76. The van der Waals surface area contributed by atoms with E-state index in [0.717, 1.165) is 12.2 Å². The Bertz CT molecular complexity index is 903. The van der Waals surface area contributed by atoms with Gasteiger partial charge in [0.25, 0.3) is 0 Å². The monoisotopic (exact) mass is 290 g/mol. The molecule has 3 nitrogen and oxygen atoms in total. The number of aryl methyl sites for hydroxylation is 4. The molecule has 0 saturated heterocycles. The van der Waals surface area contributed by atoms with Crippen molar-refractivity contribution in [3.8, 4) is 16.9 Å². The minimum atomic E-state index is 0.911. The molecule has 0 saturated carbocycles. The largest absolute Gasteiger partial charge is 0.303 e. The third-order valence-electron chi connectivity index (χ3n) is 4.62. The highest BCUT2D eigenvalue weighted by atomic mass is 15.1. The van der Waals surface area contributed by atoms with Crippen molar-refractivity contribution in [2.75, 3.05) is 0 Å². The summed E-state index contributed by atoms with van der Waals surface area (Å²) in [5.74, 6) is 1.14. The first kappa shape index (κ1) is 13.3. The van der Waals surface area contributed by atoms with E-state index in [-0.39, 0.29) is 0 Å². The van der Waals surface area contributed by atoms with Crippen LogP contribution in [-0.2, 0) is 13.5 Å². The van der Waals surface area contributed by atoms with Gasteiger partial charge < -0.3 is 4.57 Å². The summed E-state index contributed by atoms with van der Waals surface area (Å²) in [4.78, 5) is 4.51. The molecule has 1 aromatic carbocycles. The zero-order chi connectivity index (χ0) is 15.4. The van der Waals surface area contributed by atoms with Gasteiger partial charge in [0.15, 0.2) is 6.20 Å². The molecule has 1 aliphatic heterocycles. The van der Waals surface area contributed by atoms with E-state index in [2.05, 4.69) is 72.5 Å². The Morgan fingerprint density at radius 3 is 2.73 bits per heavy atom. The summed E-state index contributed by atoms with van der Waals surface area (Å²) < 4.78 is 4.47. The molecule has 0 spiro atoms. The maximum Gasteiger partial charge on any atom is 0.212 e. The Labute approximate surface area is 130 Å². The number of aromatic nitrogens is 3. The Morgan fingerprint density at radius 1 is 1.14 bits per heavy atom. The summed E-state index contributed by atoms with van der Waals surface area (Å²) in [5.41, 5.74) is 9.28. The van der Waals surface area contributed by atoms with Crippen molar-refractivity contribution < 1.29 is 4.57 Å². The van der Waals surface area contributed by atoms with E-state index in [1.807, 2.05) is 6.20 Å². The van der Waals surface area contributed by atoms with E-state index in [0.29, 0.717) is 0 Å². The summed E-state index contributed by atoms with van der Waals surface area (Å²) >= 11 is 0. The fourth-order valence-electron chi connectivity index (χ4n) is 3.76. The minimum absolute atomic E-state index is 0.911. The minimum Gasteiger partial charge on any atom is -0.303 e. The van der Waals surface area contributed by atoms with Gasteiger partial charge in [0.05, 0.1) is 11.3 Å². The lowest BCUT2D eigenvalue weighted by molar-refractivity contribution is -0.660. The Hall–Kier alpha value is -2.42. The molecule has 3 aromatic rings. The fraction of sp³-hybridized carbons (Fsp3) is 0.263.